The van der Waals surface area contributed by atoms with Gasteiger partial charge in [-0.05, 0) is 30.4 Å². The zero-order chi connectivity index (χ0) is 11.0. The third-order valence-electron chi connectivity index (χ3n) is 4.11. The molecule has 0 N–H and O–H groups in total. The zero-order valence-corrected chi connectivity index (χ0v) is 9.74. The zero-order valence-electron chi connectivity index (χ0n) is 9.74. The van der Waals surface area contributed by atoms with Crippen molar-refractivity contribution in [3.8, 4) is 0 Å². The van der Waals surface area contributed by atoms with Crippen LogP contribution in [0.1, 0.15) is 17.5 Å². The third kappa shape index (κ3) is 1.40. The Bertz CT molecular complexity index is 388. The van der Waals surface area contributed by atoms with Crippen LogP contribution in [0.2, 0.25) is 0 Å². The molecular formula is C14H18O2. The first-order valence-electron chi connectivity index (χ1n) is 6.04. The van der Waals surface area contributed by atoms with E-state index in [4.69, 9.17) is 9.47 Å². The summed E-state index contributed by atoms with van der Waals surface area (Å²) in [5, 5.41) is 0. The van der Waals surface area contributed by atoms with Crippen LogP contribution < -0.4 is 0 Å². The number of rotatable bonds is 1. The monoisotopic (exact) mass is 218 g/mol. The second-order valence-electron chi connectivity index (χ2n) is 5.02. The van der Waals surface area contributed by atoms with Crippen molar-refractivity contribution in [3.63, 3.8) is 0 Å². The van der Waals surface area contributed by atoms with E-state index in [9.17, 15) is 0 Å². The van der Waals surface area contributed by atoms with Gasteiger partial charge in [0.05, 0.1) is 19.8 Å². The van der Waals surface area contributed by atoms with E-state index < -0.39 is 0 Å². The van der Waals surface area contributed by atoms with E-state index in [0.717, 1.165) is 32.8 Å². The number of benzene rings is 1. The molecule has 2 saturated heterocycles. The summed E-state index contributed by atoms with van der Waals surface area (Å²) >= 11 is 0. The van der Waals surface area contributed by atoms with Crippen LogP contribution in [0.4, 0.5) is 0 Å². The highest BCUT2D eigenvalue weighted by Gasteiger charge is 2.47. The predicted molar refractivity (Wildman–Crippen MR) is 62.6 cm³/mol. The van der Waals surface area contributed by atoms with Gasteiger partial charge in [-0.1, -0.05) is 24.3 Å². The Morgan fingerprint density at radius 1 is 1.19 bits per heavy atom. The molecule has 1 aromatic carbocycles. The predicted octanol–water partition coefficient (Wildman–Crippen LogP) is 2.30. The molecule has 0 bridgehead atoms. The summed E-state index contributed by atoms with van der Waals surface area (Å²) in [6, 6.07) is 8.66. The summed E-state index contributed by atoms with van der Waals surface area (Å²) in [4.78, 5) is 0. The lowest BCUT2D eigenvalue weighted by Crippen LogP contribution is -2.44. The molecule has 0 unspecified atom stereocenters. The normalized spacial score (nSPS) is 33.7. The molecule has 2 nitrogen and oxygen atoms in total. The molecule has 0 aromatic heterocycles. The Hall–Kier alpha value is -0.860. The van der Waals surface area contributed by atoms with Crippen molar-refractivity contribution < 1.29 is 9.47 Å². The number of fused-ring (bicyclic) bond motifs is 1. The van der Waals surface area contributed by atoms with Crippen LogP contribution in [0.15, 0.2) is 24.3 Å². The van der Waals surface area contributed by atoms with Crippen LogP contribution in [-0.2, 0) is 14.9 Å². The van der Waals surface area contributed by atoms with Gasteiger partial charge in [-0.2, -0.15) is 0 Å². The first-order chi connectivity index (χ1) is 7.83. The molecule has 2 fully saturated rings. The van der Waals surface area contributed by atoms with Gasteiger partial charge in [0, 0.05) is 12.0 Å². The van der Waals surface area contributed by atoms with Crippen molar-refractivity contribution in [1.82, 2.24) is 0 Å². The molecule has 2 aliphatic heterocycles. The van der Waals surface area contributed by atoms with Crippen molar-refractivity contribution in [1.29, 1.82) is 0 Å². The van der Waals surface area contributed by atoms with Crippen LogP contribution in [-0.4, -0.2) is 26.4 Å². The Labute approximate surface area is 96.6 Å². The van der Waals surface area contributed by atoms with Crippen LogP contribution in [0.5, 0.6) is 0 Å². The molecule has 86 valence electrons. The second-order valence-corrected chi connectivity index (χ2v) is 5.02. The van der Waals surface area contributed by atoms with Gasteiger partial charge in [0.2, 0.25) is 0 Å². The van der Waals surface area contributed by atoms with Crippen molar-refractivity contribution in [2.75, 3.05) is 26.4 Å². The minimum atomic E-state index is 0.129. The van der Waals surface area contributed by atoms with Crippen LogP contribution in [0.25, 0.3) is 0 Å². The molecule has 0 aliphatic carbocycles. The average Bonchev–Trinajstić information content (AvgIpc) is 2.74. The molecule has 0 amide bonds. The summed E-state index contributed by atoms with van der Waals surface area (Å²) in [7, 11) is 0. The first-order valence-corrected chi connectivity index (χ1v) is 6.04. The molecule has 16 heavy (non-hydrogen) atoms. The Morgan fingerprint density at radius 2 is 2.00 bits per heavy atom. The molecule has 1 aromatic rings. The summed E-state index contributed by atoms with van der Waals surface area (Å²) in [6.07, 6.45) is 1.13. The molecule has 2 heteroatoms. The van der Waals surface area contributed by atoms with E-state index in [0.29, 0.717) is 5.92 Å². The van der Waals surface area contributed by atoms with E-state index in [-0.39, 0.29) is 5.41 Å². The maximum absolute atomic E-state index is 5.72. The summed E-state index contributed by atoms with van der Waals surface area (Å²) in [5.74, 6) is 0.641. The smallest absolute Gasteiger partial charge is 0.0589 e. The van der Waals surface area contributed by atoms with E-state index in [2.05, 4.69) is 31.2 Å². The van der Waals surface area contributed by atoms with Gasteiger partial charge in [-0.3, -0.25) is 0 Å². The fourth-order valence-electron chi connectivity index (χ4n) is 3.17. The Balaban J connectivity index is 2.05. The standard InChI is InChI=1S/C14H18O2/c1-11-4-2-3-5-13(11)14-9-15-7-6-12(14)8-16-10-14/h2-5,12H,6-10H2,1H3/t12-,14-/m0/s1. The van der Waals surface area contributed by atoms with E-state index in [1.165, 1.54) is 11.1 Å². The summed E-state index contributed by atoms with van der Waals surface area (Å²) in [6.45, 7) is 5.62. The minimum Gasteiger partial charge on any atom is -0.380 e. The highest BCUT2D eigenvalue weighted by atomic mass is 16.5. The number of aryl methyl sites for hydroxylation is 1. The van der Waals surface area contributed by atoms with Gasteiger partial charge in [0.15, 0.2) is 0 Å². The maximum atomic E-state index is 5.72. The second kappa shape index (κ2) is 3.86. The lowest BCUT2D eigenvalue weighted by molar-refractivity contribution is 0.0139. The lowest BCUT2D eigenvalue weighted by atomic mass is 9.69. The van der Waals surface area contributed by atoms with Crippen molar-refractivity contribution in [2.24, 2.45) is 5.92 Å². The van der Waals surface area contributed by atoms with E-state index >= 15 is 0 Å². The molecule has 2 aliphatic rings. The van der Waals surface area contributed by atoms with Crippen molar-refractivity contribution in [3.05, 3.63) is 35.4 Å². The number of ether oxygens (including phenoxy) is 2. The lowest BCUT2D eigenvalue weighted by Gasteiger charge is -2.38. The third-order valence-corrected chi connectivity index (χ3v) is 4.11. The van der Waals surface area contributed by atoms with Crippen LogP contribution in [0, 0.1) is 12.8 Å². The highest BCUT2D eigenvalue weighted by molar-refractivity contribution is 5.36. The van der Waals surface area contributed by atoms with Gasteiger partial charge in [0.1, 0.15) is 0 Å². The fourth-order valence-corrected chi connectivity index (χ4v) is 3.17. The molecule has 2 heterocycles. The quantitative estimate of drug-likeness (QED) is 0.720. The number of hydrogen-bond acceptors (Lipinski definition) is 2. The molecule has 3 rings (SSSR count). The van der Waals surface area contributed by atoms with Gasteiger partial charge >= 0.3 is 0 Å². The summed E-state index contributed by atoms with van der Waals surface area (Å²) in [5.41, 5.74) is 2.92. The Morgan fingerprint density at radius 3 is 2.88 bits per heavy atom. The average molecular weight is 218 g/mol. The van der Waals surface area contributed by atoms with Crippen LogP contribution >= 0.6 is 0 Å². The topological polar surface area (TPSA) is 18.5 Å². The molecule has 0 spiro atoms. The number of hydrogen-bond donors (Lipinski definition) is 0. The summed E-state index contributed by atoms with van der Waals surface area (Å²) < 4.78 is 11.4. The molecule has 2 atom stereocenters. The maximum Gasteiger partial charge on any atom is 0.0589 e. The van der Waals surface area contributed by atoms with Gasteiger partial charge < -0.3 is 9.47 Å². The first kappa shape index (κ1) is 10.3. The van der Waals surface area contributed by atoms with Gasteiger partial charge in [0.25, 0.3) is 0 Å². The van der Waals surface area contributed by atoms with E-state index in [1.54, 1.807) is 0 Å². The van der Waals surface area contributed by atoms with Crippen molar-refractivity contribution in [2.45, 2.75) is 18.8 Å². The van der Waals surface area contributed by atoms with Gasteiger partial charge in [-0.15, -0.1) is 0 Å². The van der Waals surface area contributed by atoms with E-state index in [1.807, 2.05) is 0 Å². The SMILES string of the molecule is Cc1ccccc1[C@]12COCC[C@H]1COC2. The minimum absolute atomic E-state index is 0.129. The molecular weight excluding hydrogens is 200 g/mol. The van der Waals surface area contributed by atoms with Gasteiger partial charge in [-0.25, -0.2) is 0 Å². The molecule has 0 saturated carbocycles. The van der Waals surface area contributed by atoms with Crippen LogP contribution in [0.3, 0.4) is 0 Å². The largest absolute Gasteiger partial charge is 0.380 e. The fraction of sp³-hybridized carbons (Fsp3) is 0.571. The Kier molecular flexibility index (Phi) is 2.49. The highest BCUT2D eigenvalue weighted by Crippen LogP contribution is 2.43. The van der Waals surface area contributed by atoms with Crippen molar-refractivity contribution >= 4 is 0 Å². The molecule has 0 radical (unpaired) electrons.